The van der Waals surface area contributed by atoms with Gasteiger partial charge in [0.2, 0.25) is 17.8 Å². The number of ketones is 1. The molecule has 2 saturated carbocycles. The molecule has 1 atom stereocenters. The molecule has 2 N–H and O–H groups in total. The fourth-order valence-electron chi connectivity index (χ4n) is 8.98. The molecule has 1 aromatic heterocycles. The van der Waals surface area contributed by atoms with Crippen molar-refractivity contribution >= 4 is 29.2 Å². The molecular formula is C44H48N6O5. The van der Waals surface area contributed by atoms with Gasteiger partial charge in [-0.25, -0.2) is 9.97 Å². The highest BCUT2D eigenvalue weighted by Gasteiger charge is 2.52. The maximum Gasteiger partial charge on any atom is 0.243 e. The molecule has 11 heteroatoms. The number of piperidine rings is 1. The van der Waals surface area contributed by atoms with Crippen molar-refractivity contribution in [2.45, 2.75) is 95.5 Å². The Hall–Kier alpha value is -5.29. The third-order valence-corrected chi connectivity index (χ3v) is 12.6. The van der Waals surface area contributed by atoms with Gasteiger partial charge in [0.25, 0.3) is 0 Å². The molecule has 3 aliphatic heterocycles. The van der Waals surface area contributed by atoms with Crippen molar-refractivity contribution in [2.75, 3.05) is 29.9 Å². The number of carbonyl (C=O) groups excluding carboxylic acids is 3. The number of anilines is 2. The van der Waals surface area contributed by atoms with E-state index in [1.807, 2.05) is 18.2 Å². The van der Waals surface area contributed by atoms with Crippen molar-refractivity contribution in [3.63, 3.8) is 0 Å². The number of imide groups is 1. The zero-order valence-corrected chi connectivity index (χ0v) is 31.6. The summed E-state index contributed by atoms with van der Waals surface area (Å²) in [5.74, 6) is 2.34. The van der Waals surface area contributed by atoms with Crippen LogP contribution in [0.25, 0.3) is 0 Å². The molecule has 3 aromatic carbocycles. The molecule has 1 spiro atoms. The predicted molar refractivity (Wildman–Crippen MR) is 208 cm³/mol. The summed E-state index contributed by atoms with van der Waals surface area (Å²) in [6.07, 6.45) is 7.37. The fraction of sp³-hybridized carbons (Fsp3) is 0.432. The first-order valence-corrected chi connectivity index (χ1v) is 19.6. The molecule has 11 nitrogen and oxygen atoms in total. The van der Waals surface area contributed by atoms with Crippen LogP contribution < -0.4 is 25.0 Å². The Morgan fingerprint density at radius 3 is 2.22 bits per heavy atom. The molecule has 0 bridgehead atoms. The molecule has 284 valence electrons. The number of carbonyl (C=O) groups is 3. The Morgan fingerprint density at radius 1 is 0.873 bits per heavy atom. The third kappa shape index (κ3) is 7.06. The highest BCUT2D eigenvalue weighted by Crippen LogP contribution is 2.47. The molecular weight excluding hydrogens is 693 g/mol. The minimum atomic E-state index is -0.257. The minimum absolute atomic E-state index is 0.121. The first-order valence-electron chi connectivity index (χ1n) is 19.6. The van der Waals surface area contributed by atoms with Crippen molar-refractivity contribution in [3.8, 4) is 11.5 Å². The number of rotatable bonds is 12. The van der Waals surface area contributed by atoms with Gasteiger partial charge in [-0.1, -0.05) is 44.2 Å². The molecule has 2 aliphatic carbocycles. The van der Waals surface area contributed by atoms with Crippen molar-refractivity contribution in [3.05, 3.63) is 107 Å². The quantitative estimate of drug-likeness (QED) is 0.165. The molecule has 2 amide bonds. The summed E-state index contributed by atoms with van der Waals surface area (Å²) in [7, 11) is 0. The summed E-state index contributed by atoms with van der Waals surface area (Å²) in [5.41, 5.74) is 6.56. The molecule has 4 fully saturated rings. The number of Topliss-reactive ketones (excluding diaryl/α,β-unsaturated/α-hetero) is 1. The SMILES string of the molecule is CC(C)(c1ccc(OCc2ccnc(N3CC4(CC(=O)C4)C3)n2)cc1)c1ccc(OCC2(Nc3ccc4c(c3)CN(C3CCC(=O)NC3=O)C4)CCC2)cc1. The van der Waals surface area contributed by atoms with Gasteiger partial charge in [-0.2, -0.15) is 0 Å². The van der Waals surface area contributed by atoms with Gasteiger partial charge < -0.3 is 19.7 Å². The van der Waals surface area contributed by atoms with Gasteiger partial charge >= 0.3 is 0 Å². The second kappa shape index (κ2) is 13.8. The van der Waals surface area contributed by atoms with Crippen LogP contribution in [0.3, 0.4) is 0 Å². The third-order valence-electron chi connectivity index (χ3n) is 12.6. The maximum absolute atomic E-state index is 12.5. The van der Waals surface area contributed by atoms with Gasteiger partial charge in [0.1, 0.15) is 30.5 Å². The van der Waals surface area contributed by atoms with E-state index in [1.54, 1.807) is 6.20 Å². The lowest BCUT2D eigenvalue weighted by Crippen LogP contribution is -2.63. The number of hydrogen-bond acceptors (Lipinski definition) is 10. The summed E-state index contributed by atoms with van der Waals surface area (Å²) in [6.45, 7) is 8.52. The van der Waals surface area contributed by atoms with E-state index in [1.165, 1.54) is 22.3 Å². The molecule has 9 rings (SSSR count). The Morgan fingerprint density at radius 2 is 1.56 bits per heavy atom. The molecule has 4 heterocycles. The van der Waals surface area contributed by atoms with Crippen LogP contribution in [-0.2, 0) is 39.5 Å². The lowest BCUT2D eigenvalue weighted by molar-refractivity contribution is -0.138. The highest BCUT2D eigenvalue weighted by atomic mass is 16.5. The Kier molecular flexibility index (Phi) is 8.87. The number of amides is 2. The van der Waals surface area contributed by atoms with Crippen LogP contribution in [0.5, 0.6) is 11.5 Å². The number of aromatic nitrogens is 2. The van der Waals surface area contributed by atoms with E-state index in [9.17, 15) is 14.4 Å². The molecule has 2 saturated heterocycles. The van der Waals surface area contributed by atoms with Gasteiger partial charge in [0.05, 0.1) is 17.3 Å². The van der Waals surface area contributed by atoms with Crippen molar-refractivity contribution < 1.29 is 23.9 Å². The van der Waals surface area contributed by atoms with Gasteiger partial charge in [-0.3, -0.25) is 24.6 Å². The Labute approximate surface area is 321 Å². The zero-order valence-electron chi connectivity index (χ0n) is 31.6. The van der Waals surface area contributed by atoms with Crippen LogP contribution in [0.1, 0.15) is 86.7 Å². The van der Waals surface area contributed by atoms with E-state index in [0.29, 0.717) is 57.2 Å². The number of nitrogens with one attached hydrogen (secondary N) is 2. The topological polar surface area (TPSA) is 126 Å². The van der Waals surface area contributed by atoms with E-state index in [-0.39, 0.29) is 34.2 Å². The monoisotopic (exact) mass is 740 g/mol. The molecule has 55 heavy (non-hydrogen) atoms. The number of nitrogens with zero attached hydrogens (tertiary/aromatic N) is 4. The van der Waals surface area contributed by atoms with Crippen molar-refractivity contribution in [1.82, 2.24) is 20.2 Å². The van der Waals surface area contributed by atoms with E-state index >= 15 is 0 Å². The number of benzene rings is 3. The maximum atomic E-state index is 12.5. The van der Waals surface area contributed by atoms with Gasteiger partial charge in [0, 0.05) is 68.2 Å². The van der Waals surface area contributed by atoms with Gasteiger partial charge in [-0.05, 0) is 90.4 Å². The number of ether oxygens (including phenoxy) is 2. The van der Waals surface area contributed by atoms with E-state index in [4.69, 9.17) is 14.5 Å². The molecule has 1 unspecified atom stereocenters. The van der Waals surface area contributed by atoms with Crippen LogP contribution in [0, 0.1) is 5.41 Å². The first kappa shape index (κ1) is 35.4. The lowest BCUT2D eigenvalue weighted by atomic mass is 9.63. The largest absolute Gasteiger partial charge is 0.491 e. The summed E-state index contributed by atoms with van der Waals surface area (Å²) in [4.78, 5) is 49.1. The molecule has 5 aliphatic rings. The lowest BCUT2D eigenvalue weighted by Gasteiger charge is -2.54. The first-order chi connectivity index (χ1) is 26.5. The van der Waals surface area contributed by atoms with E-state index in [0.717, 1.165) is 61.8 Å². The van der Waals surface area contributed by atoms with Crippen LogP contribution >= 0.6 is 0 Å². The smallest absolute Gasteiger partial charge is 0.243 e. The summed E-state index contributed by atoms with van der Waals surface area (Å²) in [6, 6.07) is 24.9. The van der Waals surface area contributed by atoms with Crippen molar-refractivity contribution in [2.24, 2.45) is 5.41 Å². The Balaban J connectivity index is 0.771. The molecule has 0 radical (unpaired) electrons. The molecule has 4 aromatic rings. The predicted octanol–water partition coefficient (Wildman–Crippen LogP) is 6.09. The number of hydrogen-bond donors (Lipinski definition) is 2. The van der Waals surface area contributed by atoms with Crippen LogP contribution in [0.4, 0.5) is 11.6 Å². The Bertz CT molecular complexity index is 2110. The van der Waals surface area contributed by atoms with Crippen LogP contribution in [0.2, 0.25) is 0 Å². The summed E-state index contributed by atoms with van der Waals surface area (Å²) in [5, 5.41) is 6.30. The average molecular weight is 741 g/mol. The van der Waals surface area contributed by atoms with Crippen LogP contribution in [-0.4, -0.2) is 63.7 Å². The summed E-state index contributed by atoms with van der Waals surface area (Å²) >= 11 is 0. The second-order valence-electron chi connectivity index (χ2n) is 17.0. The van der Waals surface area contributed by atoms with E-state index < -0.39 is 0 Å². The van der Waals surface area contributed by atoms with Crippen LogP contribution in [0.15, 0.2) is 79.0 Å². The normalized spacial score (nSPS) is 21.2. The average Bonchev–Trinajstić information content (AvgIpc) is 3.56. The fourth-order valence-corrected chi connectivity index (χ4v) is 8.98. The van der Waals surface area contributed by atoms with Crippen molar-refractivity contribution in [1.29, 1.82) is 0 Å². The van der Waals surface area contributed by atoms with Gasteiger partial charge in [0.15, 0.2) is 0 Å². The summed E-state index contributed by atoms with van der Waals surface area (Å²) < 4.78 is 12.5. The van der Waals surface area contributed by atoms with Gasteiger partial charge in [-0.15, -0.1) is 0 Å². The highest BCUT2D eigenvalue weighted by molar-refractivity contribution is 6.00. The number of fused-ring (bicyclic) bond motifs is 1. The second-order valence-corrected chi connectivity index (χ2v) is 17.0. The zero-order chi connectivity index (χ0) is 37.8. The van der Waals surface area contributed by atoms with E-state index in [2.05, 4.69) is 93.9 Å². The standard InChI is InChI=1S/C44H48N6O5/c1-42(2,31-5-10-36(11-6-31)54-25-34-16-19-45-41(46-34)50-26-43(27-50)21-35(51)22-43)32-7-12-37(13-8-32)55-28-44(17-3-18-44)48-33-9-4-29-23-49(24-30(29)20-33)38-14-15-39(52)47-40(38)53/h4-13,16,19-20,38,48H,3,14-15,17-18,21-28H2,1-2H3,(H,47,52,53). The minimum Gasteiger partial charge on any atom is -0.491 e.